The summed E-state index contributed by atoms with van der Waals surface area (Å²) >= 11 is 0. The predicted octanol–water partition coefficient (Wildman–Crippen LogP) is 1.56. The Labute approximate surface area is 126 Å². The quantitative estimate of drug-likeness (QED) is 0.818. The number of nitrogens with one attached hydrogen (secondary N) is 1. The summed E-state index contributed by atoms with van der Waals surface area (Å²) in [6, 6.07) is 0.394. The Balaban J connectivity index is 2.04. The van der Waals surface area contributed by atoms with Crippen LogP contribution in [-0.4, -0.2) is 55.4 Å². The summed E-state index contributed by atoms with van der Waals surface area (Å²) in [6.45, 7) is 5.38. The van der Waals surface area contributed by atoms with Gasteiger partial charge in [-0.2, -0.15) is 15.0 Å². The van der Waals surface area contributed by atoms with Crippen molar-refractivity contribution in [2.75, 3.05) is 50.7 Å². The number of nitrogens with zero attached hydrogens (tertiary/aromatic N) is 4. The Kier molecular flexibility index (Phi) is 5.98. The first-order chi connectivity index (χ1) is 10.3. The van der Waals surface area contributed by atoms with Crippen molar-refractivity contribution in [3.8, 4) is 6.01 Å². The molecular weight excluding hydrogens is 270 g/mol. The first-order valence-electron chi connectivity index (χ1n) is 7.57. The van der Waals surface area contributed by atoms with Crippen LogP contribution >= 0.6 is 0 Å². The van der Waals surface area contributed by atoms with E-state index >= 15 is 0 Å². The molecule has 0 radical (unpaired) electrons. The molecule has 0 bridgehead atoms. The maximum Gasteiger partial charge on any atom is 0.323 e. The molecule has 1 aliphatic heterocycles. The minimum atomic E-state index is 0.394. The summed E-state index contributed by atoms with van der Waals surface area (Å²) < 4.78 is 10.8. The van der Waals surface area contributed by atoms with Crippen molar-refractivity contribution in [1.29, 1.82) is 0 Å². The second kappa shape index (κ2) is 7.97. The lowest BCUT2D eigenvalue weighted by molar-refractivity contribution is 0.139. The molecule has 1 aromatic heterocycles. The van der Waals surface area contributed by atoms with Crippen LogP contribution in [0.3, 0.4) is 0 Å². The normalized spacial score (nSPS) is 16.0. The predicted molar refractivity (Wildman–Crippen MR) is 82.0 cm³/mol. The lowest BCUT2D eigenvalue weighted by atomic mass is 9.98. The van der Waals surface area contributed by atoms with E-state index in [1.807, 2.05) is 0 Å². The highest BCUT2D eigenvalue weighted by atomic mass is 16.5. The highest BCUT2D eigenvalue weighted by molar-refractivity contribution is 5.38. The molecule has 0 atom stereocenters. The van der Waals surface area contributed by atoms with Gasteiger partial charge in [0, 0.05) is 33.9 Å². The van der Waals surface area contributed by atoms with E-state index in [9.17, 15) is 0 Å². The zero-order valence-electron chi connectivity index (χ0n) is 13.1. The monoisotopic (exact) mass is 295 g/mol. The van der Waals surface area contributed by atoms with E-state index in [4.69, 9.17) is 9.47 Å². The molecule has 1 aliphatic rings. The van der Waals surface area contributed by atoms with Crippen LogP contribution in [-0.2, 0) is 4.74 Å². The molecular formula is C14H25N5O2. The third-order valence-corrected chi connectivity index (χ3v) is 3.56. The van der Waals surface area contributed by atoms with E-state index in [-0.39, 0.29) is 0 Å². The van der Waals surface area contributed by atoms with Gasteiger partial charge in [-0.05, 0) is 25.2 Å². The van der Waals surface area contributed by atoms with Crippen LogP contribution in [0.15, 0.2) is 0 Å². The van der Waals surface area contributed by atoms with Crippen LogP contribution in [0.2, 0.25) is 0 Å². The van der Waals surface area contributed by atoms with Gasteiger partial charge in [0.1, 0.15) is 0 Å². The Morgan fingerprint density at radius 3 is 2.62 bits per heavy atom. The van der Waals surface area contributed by atoms with Crippen LogP contribution in [0, 0.1) is 5.92 Å². The molecule has 0 saturated carbocycles. The highest BCUT2D eigenvalue weighted by Gasteiger charge is 2.22. The van der Waals surface area contributed by atoms with Crippen molar-refractivity contribution in [1.82, 2.24) is 15.0 Å². The number of rotatable bonds is 7. The molecule has 7 heteroatoms. The lowest BCUT2D eigenvalue weighted by Gasteiger charge is -2.31. The number of aromatic nitrogens is 3. The number of hydrogen-bond acceptors (Lipinski definition) is 7. The fraction of sp³-hybridized carbons (Fsp3) is 0.786. The van der Waals surface area contributed by atoms with Crippen molar-refractivity contribution in [3.05, 3.63) is 0 Å². The summed E-state index contributed by atoms with van der Waals surface area (Å²) in [5, 5.41) is 2.96. The SMILES string of the molecule is CCCOc1nc(NC)nc(N2CCC(COC)CC2)n1. The van der Waals surface area contributed by atoms with E-state index in [2.05, 4.69) is 32.1 Å². The zero-order valence-corrected chi connectivity index (χ0v) is 13.1. The average Bonchev–Trinajstić information content (AvgIpc) is 2.53. The number of hydrogen-bond donors (Lipinski definition) is 1. The van der Waals surface area contributed by atoms with Crippen molar-refractivity contribution >= 4 is 11.9 Å². The molecule has 0 amide bonds. The Hall–Kier alpha value is -1.63. The molecule has 2 rings (SSSR count). The fourth-order valence-electron chi connectivity index (χ4n) is 2.39. The molecule has 0 unspecified atom stereocenters. The Morgan fingerprint density at radius 1 is 1.24 bits per heavy atom. The third-order valence-electron chi connectivity index (χ3n) is 3.56. The van der Waals surface area contributed by atoms with Crippen LogP contribution in [0.25, 0.3) is 0 Å². The first kappa shape index (κ1) is 15.8. The molecule has 1 N–H and O–H groups in total. The summed E-state index contributed by atoms with van der Waals surface area (Å²) in [5.74, 6) is 1.87. The smallest absolute Gasteiger partial charge is 0.323 e. The summed E-state index contributed by atoms with van der Waals surface area (Å²) in [5.41, 5.74) is 0. The second-order valence-corrected chi connectivity index (χ2v) is 5.23. The van der Waals surface area contributed by atoms with Gasteiger partial charge in [-0.15, -0.1) is 0 Å². The lowest BCUT2D eigenvalue weighted by Crippen LogP contribution is -2.36. The standard InChI is InChI=1S/C14H25N5O2/c1-4-9-21-14-17-12(15-2)16-13(18-14)19-7-5-11(6-8-19)10-20-3/h11H,4-10H2,1-3H3,(H,15,16,17,18). The highest BCUT2D eigenvalue weighted by Crippen LogP contribution is 2.22. The summed E-state index contributed by atoms with van der Waals surface area (Å²) in [4.78, 5) is 15.3. The molecule has 0 aromatic carbocycles. The molecule has 2 heterocycles. The molecule has 1 aromatic rings. The molecule has 1 fully saturated rings. The van der Waals surface area contributed by atoms with Crippen LogP contribution in [0.1, 0.15) is 26.2 Å². The topological polar surface area (TPSA) is 72.4 Å². The number of methoxy groups -OCH3 is 1. The molecule has 1 saturated heterocycles. The van der Waals surface area contributed by atoms with Crippen molar-refractivity contribution < 1.29 is 9.47 Å². The fourth-order valence-corrected chi connectivity index (χ4v) is 2.39. The Morgan fingerprint density at radius 2 is 2.00 bits per heavy atom. The van der Waals surface area contributed by atoms with Gasteiger partial charge >= 0.3 is 6.01 Å². The van der Waals surface area contributed by atoms with Gasteiger partial charge < -0.3 is 19.7 Å². The van der Waals surface area contributed by atoms with Gasteiger partial charge in [-0.1, -0.05) is 6.92 Å². The first-order valence-corrected chi connectivity index (χ1v) is 7.57. The van der Waals surface area contributed by atoms with Gasteiger partial charge in [0.25, 0.3) is 0 Å². The summed E-state index contributed by atoms with van der Waals surface area (Å²) in [6.07, 6.45) is 3.12. The Bertz CT molecular complexity index is 435. The van der Waals surface area contributed by atoms with E-state index in [1.165, 1.54) is 0 Å². The molecule has 7 nitrogen and oxygen atoms in total. The van der Waals surface area contributed by atoms with Gasteiger partial charge in [0.15, 0.2) is 0 Å². The van der Waals surface area contributed by atoms with Gasteiger partial charge in [0.2, 0.25) is 11.9 Å². The molecule has 0 aliphatic carbocycles. The molecule has 118 valence electrons. The maximum atomic E-state index is 5.54. The van der Waals surface area contributed by atoms with E-state index in [1.54, 1.807) is 14.2 Å². The molecule has 0 spiro atoms. The zero-order chi connectivity index (χ0) is 15.1. The van der Waals surface area contributed by atoms with Gasteiger partial charge in [0.05, 0.1) is 6.61 Å². The van der Waals surface area contributed by atoms with E-state index in [0.29, 0.717) is 30.4 Å². The van der Waals surface area contributed by atoms with Crippen LogP contribution < -0.4 is 15.0 Å². The summed E-state index contributed by atoms with van der Waals surface area (Å²) in [7, 11) is 3.56. The third kappa shape index (κ3) is 4.42. The minimum absolute atomic E-state index is 0.394. The minimum Gasteiger partial charge on any atom is -0.463 e. The number of ether oxygens (including phenoxy) is 2. The van der Waals surface area contributed by atoms with Crippen LogP contribution in [0.4, 0.5) is 11.9 Å². The molecule has 21 heavy (non-hydrogen) atoms. The van der Waals surface area contributed by atoms with Crippen molar-refractivity contribution in [2.45, 2.75) is 26.2 Å². The van der Waals surface area contributed by atoms with Crippen LogP contribution in [0.5, 0.6) is 6.01 Å². The van der Waals surface area contributed by atoms with Crippen molar-refractivity contribution in [2.24, 2.45) is 5.92 Å². The van der Waals surface area contributed by atoms with E-state index < -0.39 is 0 Å². The number of anilines is 2. The average molecular weight is 295 g/mol. The van der Waals surface area contributed by atoms with Gasteiger partial charge in [-0.25, -0.2) is 0 Å². The second-order valence-electron chi connectivity index (χ2n) is 5.23. The maximum absolute atomic E-state index is 5.54. The number of piperidine rings is 1. The van der Waals surface area contributed by atoms with Gasteiger partial charge in [-0.3, -0.25) is 0 Å². The van der Waals surface area contributed by atoms with Crippen molar-refractivity contribution in [3.63, 3.8) is 0 Å². The van der Waals surface area contributed by atoms with E-state index in [0.717, 1.165) is 39.0 Å². The largest absolute Gasteiger partial charge is 0.463 e.